The molecule has 0 aliphatic carbocycles. The molecule has 0 spiro atoms. The van der Waals surface area contributed by atoms with Gasteiger partial charge in [0.15, 0.2) is 5.96 Å². The lowest BCUT2D eigenvalue weighted by molar-refractivity contribution is 0.0906. The van der Waals surface area contributed by atoms with Crippen LogP contribution in [0.4, 0.5) is 0 Å². The monoisotopic (exact) mass is 372 g/mol. The molecule has 2 aliphatic rings. The highest BCUT2D eigenvalue weighted by molar-refractivity contribution is 5.80. The van der Waals surface area contributed by atoms with Gasteiger partial charge >= 0.3 is 0 Å². The number of benzene rings is 1. The van der Waals surface area contributed by atoms with Crippen molar-refractivity contribution in [3.63, 3.8) is 0 Å². The van der Waals surface area contributed by atoms with Gasteiger partial charge in [0.2, 0.25) is 0 Å². The average molecular weight is 373 g/mol. The summed E-state index contributed by atoms with van der Waals surface area (Å²) in [7, 11) is 2.22. The number of nitrogens with one attached hydrogen (secondary N) is 1. The molecule has 0 bridgehead atoms. The highest BCUT2D eigenvalue weighted by atomic mass is 16.5. The van der Waals surface area contributed by atoms with Crippen LogP contribution in [0.2, 0.25) is 0 Å². The fourth-order valence-electron chi connectivity index (χ4n) is 4.14. The van der Waals surface area contributed by atoms with E-state index in [2.05, 4.69) is 53.4 Å². The number of guanidine groups is 1. The lowest BCUT2D eigenvalue weighted by Gasteiger charge is -2.29. The molecule has 2 aliphatic heterocycles. The zero-order valence-electron chi connectivity index (χ0n) is 17.1. The number of ether oxygens (including phenoxy) is 1. The number of piperidine rings is 1. The minimum Gasteiger partial charge on any atom is -0.376 e. The van der Waals surface area contributed by atoms with Crippen molar-refractivity contribution >= 4 is 5.96 Å². The molecule has 2 saturated heterocycles. The van der Waals surface area contributed by atoms with Crippen molar-refractivity contribution in [1.82, 2.24) is 15.1 Å². The Morgan fingerprint density at radius 2 is 2.00 bits per heavy atom. The summed E-state index contributed by atoms with van der Waals surface area (Å²) >= 11 is 0. The summed E-state index contributed by atoms with van der Waals surface area (Å²) in [5.41, 5.74) is 1.25. The molecule has 0 amide bonds. The van der Waals surface area contributed by atoms with Crippen LogP contribution in [0.1, 0.15) is 31.7 Å². The first-order chi connectivity index (χ1) is 13.2. The van der Waals surface area contributed by atoms with Crippen molar-refractivity contribution in [1.29, 1.82) is 0 Å². The second kappa shape index (κ2) is 10.7. The summed E-state index contributed by atoms with van der Waals surface area (Å²) in [6.45, 7) is 10.1. The molecular weight excluding hydrogens is 336 g/mol. The smallest absolute Gasteiger partial charge is 0.193 e. The number of hydrogen-bond acceptors (Lipinski definition) is 3. The molecule has 1 N–H and O–H groups in total. The molecular formula is C22H36N4O. The quantitative estimate of drug-likeness (QED) is 0.590. The van der Waals surface area contributed by atoms with Gasteiger partial charge in [0.25, 0.3) is 0 Å². The Kier molecular flexibility index (Phi) is 7.96. The number of rotatable bonds is 7. The van der Waals surface area contributed by atoms with Crippen molar-refractivity contribution in [3.8, 4) is 0 Å². The molecule has 1 aromatic rings. The summed E-state index contributed by atoms with van der Waals surface area (Å²) in [4.78, 5) is 9.84. The third-order valence-electron chi connectivity index (χ3n) is 5.61. The molecule has 5 heteroatoms. The van der Waals surface area contributed by atoms with Gasteiger partial charge in [-0.2, -0.15) is 0 Å². The SMILES string of the molecule is CCNC(=NCC1CCCN(C)C1)N1CCC(COCc2ccccc2)C1. The Morgan fingerprint density at radius 1 is 1.15 bits per heavy atom. The molecule has 0 aromatic heterocycles. The van der Waals surface area contributed by atoms with Gasteiger partial charge in [-0.05, 0) is 51.3 Å². The Balaban J connectivity index is 1.44. The minimum atomic E-state index is 0.596. The molecule has 2 heterocycles. The summed E-state index contributed by atoms with van der Waals surface area (Å²) in [5.74, 6) is 2.39. The molecule has 2 atom stereocenters. The van der Waals surface area contributed by atoms with Crippen LogP contribution >= 0.6 is 0 Å². The topological polar surface area (TPSA) is 40.1 Å². The van der Waals surface area contributed by atoms with Crippen LogP contribution in [0.15, 0.2) is 35.3 Å². The maximum absolute atomic E-state index is 5.97. The molecule has 2 unspecified atom stereocenters. The van der Waals surface area contributed by atoms with Crippen LogP contribution in [-0.2, 0) is 11.3 Å². The van der Waals surface area contributed by atoms with Gasteiger partial charge in [0, 0.05) is 38.6 Å². The van der Waals surface area contributed by atoms with Crippen LogP contribution in [0, 0.1) is 11.8 Å². The van der Waals surface area contributed by atoms with E-state index in [4.69, 9.17) is 9.73 Å². The first-order valence-electron chi connectivity index (χ1n) is 10.6. The lowest BCUT2D eigenvalue weighted by atomic mass is 9.99. The van der Waals surface area contributed by atoms with Gasteiger partial charge in [-0.15, -0.1) is 0 Å². The highest BCUT2D eigenvalue weighted by Gasteiger charge is 2.25. The van der Waals surface area contributed by atoms with Gasteiger partial charge in [-0.25, -0.2) is 0 Å². The summed E-state index contributed by atoms with van der Waals surface area (Å²) in [5, 5.41) is 3.50. The van der Waals surface area contributed by atoms with Crippen molar-refractivity contribution in [2.45, 2.75) is 32.8 Å². The van der Waals surface area contributed by atoms with E-state index >= 15 is 0 Å². The summed E-state index contributed by atoms with van der Waals surface area (Å²) in [6.07, 6.45) is 3.80. The summed E-state index contributed by atoms with van der Waals surface area (Å²) < 4.78 is 5.97. The van der Waals surface area contributed by atoms with Crippen LogP contribution < -0.4 is 5.32 Å². The van der Waals surface area contributed by atoms with E-state index in [9.17, 15) is 0 Å². The van der Waals surface area contributed by atoms with E-state index in [1.807, 2.05) is 6.07 Å². The second-order valence-corrected chi connectivity index (χ2v) is 8.07. The zero-order valence-corrected chi connectivity index (χ0v) is 17.1. The highest BCUT2D eigenvalue weighted by Crippen LogP contribution is 2.19. The molecule has 0 saturated carbocycles. The Hall–Kier alpha value is -1.59. The number of hydrogen-bond donors (Lipinski definition) is 1. The minimum absolute atomic E-state index is 0.596. The van der Waals surface area contributed by atoms with Gasteiger partial charge in [0.05, 0.1) is 13.2 Å². The van der Waals surface area contributed by atoms with Gasteiger partial charge in [-0.1, -0.05) is 30.3 Å². The Morgan fingerprint density at radius 3 is 2.78 bits per heavy atom. The number of aliphatic imine (C=N–C) groups is 1. The van der Waals surface area contributed by atoms with E-state index in [0.717, 1.165) is 38.7 Å². The molecule has 0 radical (unpaired) electrons. The molecule has 3 rings (SSSR count). The third kappa shape index (κ3) is 6.51. The van der Waals surface area contributed by atoms with E-state index in [1.165, 1.54) is 37.9 Å². The standard InChI is InChI=1S/C22H36N4O/c1-3-23-22(24-14-20-10-7-12-25(2)15-20)26-13-11-21(16-26)18-27-17-19-8-5-4-6-9-19/h4-6,8-9,20-21H,3,7,10-18H2,1-2H3,(H,23,24). The van der Waals surface area contributed by atoms with Crippen molar-refractivity contribution in [2.24, 2.45) is 16.8 Å². The fourth-order valence-corrected chi connectivity index (χ4v) is 4.14. The first-order valence-corrected chi connectivity index (χ1v) is 10.6. The maximum atomic E-state index is 5.97. The van der Waals surface area contributed by atoms with Crippen LogP contribution in [-0.4, -0.2) is 68.7 Å². The maximum Gasteiger partial charge on any atom is 0.193 e. The molecule has 1 aromatic carbocycles. The second-order valence-electron chi connectivity index (χ2n) is 8.07. The lowest BCUT2D eigenvalue weighted by Crippen LogP contribution is -2.41. The van der Waals surface area contributed by atoms with E-state index in [1.54, 1.807) is 0 Å². The predicted octanol–water partition coefficient (Wildman–Crippen LogP) is 2.83. The number of nitrogens with zero attached hydrogens (tertiary/aromatic N) is 3. The molecule has 150 valence electrons. The largest absolute Gasteiger partial charge is 0.376 e. The zero-order chi connectivity index (χ0) is 18.9. The fraction of sp³-hybridized carbons (Fsp3) is 0.682. The van der Waals surface area contributed by atoms with Crippen molar-refractivity contribution in [3.05, 3.63) is 35.9 Å². The summed E-state index contributed by atoms with van der Waals surface area (Å²) in [6, 6.07) is 10.4. The van der Waals surface area contributed by atoms with Crippen LogP contribution in [0.25, 0.3) is 0 Å². The Labute approximate surface area is 164 Å². The predicted molar refractivity (Wildman–Crippen MR) is 112 cm³/mol. The van der Waals surface area contributed by atoms with Crippen molar-refractivity contribution in [2.75, 3.05) is 52.9 Å². The number of likely N-dealkylation sites (tertiary alicyclic amines) is 2. The van der Waals surface area contributed by atoms with E-state index < -0.39 is 0 Å². The van der Waals surface area contributed by atoms with Gasteiger partial charge in [0.1, 0.15) is 0 Å². The van der Waals surface area contributed by atoms with Gasteiger partial charge < -0.3 is 19.9 Å². The van der Waals surface area contributed by atoms with Gasteiger partial charge in [-0.3, -0.25) is 4.99 Å². The molecule has 2 fully saturated rings. The molecule has 27 heavy (non-hydrogen) atoms. The van der Waals surface area contributed by atoms with Crippen LogP contribution in [0.3, 0.4) is 0 Å². The average Bonchev–Trinajstić information content (AvgIpc) is 3.15. The third-order valence-corrected chi connectivity index (χ3v) is 5.61. The van der Waals surface area contributed by atoms with E-state index in [-0.39, 0.29) is 0 Å². The first kappa shape index (κ1) is 20.2. The van der Waals surface area contributed by atoms with E-state index in [0.29, 0.717) is 18.4 Å². The Bertz CT molecular complexity index is 577. The normalized spacial score (nSPS) is 24.4. The molecule has 5 nitrogen and oxygen atoms in total. The van der Waals surface area contributed by atoms with Crippen molar-refractivity contribution < 1.29 is 4.74 Å². The van der Waals surface area contributed by atoms with Crippen LogP contribution in [0.5, 0.6) is 0 Å².